The van der Waals surface area contributed by atoms with Crippen LogP contribution in [0.4, 0.5) is 13.2 Å². The van der Waals surface area contributed by atoms with Crippen LogP contribution in [0.5, 0.6) is 0 Å². The number of halogens is 3. The van der Waals surface area contributed by atoms with E-state index in [1.807, 2.05) is 0 Å². The van der Waals surface area contributed by atoms with E-state index in [1.165, 1.54) is 4.90 Å². The highest BCUT2D eigenvalue weighted by Gasteiger charge is 2.49. The standard InChI is InChI=1S/C8H12F3NO3/c9-8(10,11)6-2-12(3-7(14)15)1-5(6)4-13/h5-6,13H,1-4H2,(H,14,15)/t5-,6+/m0/s1. The van der Waals surface area contributed by atoms with Crippen molar-refractivity contribution in [1.82, 2.24) is 4.90 Å². The maximum absolute atomic E-state index is 12.4. The van der Waals surface area contributed by atoms with Crippen molar-refractivity contribution in [3.05, 3.63) is 0 Å². The molecular weight excluding hydrogens is 215 g/mol. The lowest BCUT2D eigenvalue weighted by Crippen LogP contribution is -2.32. The van der Waals surface area contributed by atoms with Crippen molar-refractivity contribution in [1.29, 1.82) is 0 Å². The number of aliphatic hydroxyl groups is 1. The first-order valence-electron chi connectivity index (χ1n) is 4.46. The molecule has 0 saturated carbocycles. The Balaban J connectivity index is 2.63. The summed E-state index contributed by atoms with van der Waals surface area (Å²) in [7, 11) is 0. The summed E-state index contributed by atoms with van der Waals surface area (Å²) in [6.07, 6.45) is -4.37. The molecule has 0 aromatic heterocycles. The normalized spacial score (nSPS) is 28.3. The summed E-state index contributed by atoms with van der Waals surface area (Å²) in [6.45, 7) is -1.35. The number of hydrogen-bond donors (Lipinski definition) is 2. The Morgan fingerprint density at radius 3 is 2.33 bits per heavy atom. The molecule has 1 aliphatic rings. The second-order valence-corrected chi connectivity index (χ2v) is 3.68. The lowest BCUT2D eigenvalue weighted by atomic mass is 9.97. The van der Waals surface area contributed by atoms with E-state index in [2.05, 4.69) is 0 Å². The fraction of sp³-hybridized carbons (Fsp3) is 0.875. The smallest absolute Gasteiger partial charge is 0.393 e. The zero-order valence-electron chi connectivity index (χ0n) is 7.87. The van der Waals surface area contributed by atoms with Crippen molar-refractivity contribution in [2.24, 2.45) is 11.8 Å². The molecule has 0 amide bonds. The van der Waals surface area contributed by atoms with E-state index in [9.17, 15) is 18.0 Å². The predicted molar refractivity (Wildman–Crippen MR) is 44.2 cm³/mol. The molecule has 0 aliphatic carbocycles. The van der Waals surface area contributed by atoms with Crippen LogP contribution in [0.2, 0.25) is 0 Å². The van der Waals surface area contributed by atoms with Gasteiger partial charge in [-0.3, -0.25) is 9.69 Å². The predicted octanol–water partition coefficient (Wildman–Crippen LogP) is 0.174. The minimum atomic E-state index is -4.37. The van der Waals surface area contributed by atoms with Gasteiger partial charge in [0.2, 0.25) is 0 Å². The Kier molecular flexibility index (Phi) is 3.56. The summed E-state index contributed by atoms with van der Waals surface area (Å²) in [5.41, 5.74) is 0. The molecule has 1 fully saturated rings. The Hall–Kier alpha value is -0.820. The van der Waals surface area contributed by atoms with Gasteiger partial charge in [0.1, 0.15) is 0 Å². The zero-order chi connectivity index (χ0) is 11.6. The van der Waals surface area contributed by atoms with Gasteiger partial charge in [0.05, 0.1) is 12.5 Å². The highest BCUT2D eigenvalue weighted by Crippen LogP contribution is 2.37. The van der Waals surface area contributed by atoms with Gasteiger partial charge in [-0.1, -0.05) is 0 Å². The molecule has 0 aromatic rings. The van der Waals surface area contributed by atoms with E-state index < -0.39 is 37.1 Å². The number of nitrogens with zero attached hydrogens (tertiary/aromatic N) is 1. The first-order valence-corrected chi connectivity index (χ1v) is 4.46. The van der Waals surface area contributed by atoms with Crippen LogP contribution in [0.15, 0.2) is 0 Å². The van der Waals surface area contributed by atoms with Gasteiger partial charge in [-0.2, -0.15) is 13.2 Å². The summed E-state index contributed by atoms with van der Waals surface area (Å²) >= 11 is 0. The molecule has 0 bridgehead atoms. The lowest BCUT2D eigenvalue weighted by Gasteiger charge is -2.19. The fourth-order valence-corrected chi connectivity index (χ4v) is 1.84. The van der Waals surface area contributed by atoms with Crippen LogP contribution in [0, 0.1) is 11.8 Å². The number of aliphatic carboxylic acids is 1. The Bertz CT molecular complexity index is 244. The van der Waals surface area contributed by atoms with Crippen LogP contribution < -0.4 is 0 Å². The van der Waals surface area contributed by atoms with Crippen molar-refractivity contribution < 1.29 is 28.2 Å². The minimum Gasteiger partial charge on any atom is -0.480 e. The first-order chi connectivity index (χ1) is 6.84. The number of rotatable bonds is 3. The van der Waals surface area contributed by atoms with Crippen LogP contribution in [0.25, 0.3) is 0 Å². The van der Waals surface area contributed by atoms with Gasteiger partial charge in [-0.05, 0) is 0 Å². The molecule has 1 aliphatic heterocycles. The van der Waals surface area contributed by atoms with Gasteiger partial charge in [0.25, 0.3) is 0 Å². The lowest BCUT2D eigenvalue weighted by molar-refractivity contribution is -0.183. The van der Waals surface area contributed by atoms with Crippen molar-refractivity contribution in [2.45, 2.75) is 6.18 Å². The van der Waals surface area contributed by atoms with E-state index in [0.29, 0.717) is 0 Å². The second kappa shape index (κ2) is 4.36. The second-order valence-electron chi connectivity index (χ2n) is 3.68. The van der Waals surface area contributed by atoms with Gasteiger partial charge < -0.3 is 10.2 Å². The molecule has 4 nitrogen and oxygen atoms in total. The molecule has 1 rings (SSSR count). The van der Waals surface area contributed by atoms with Crippen molar-refractivity contribution >= 4 is 5.97 Å². The van der Waals surface area contributed by atoms with Crippen molar-refractivity contribution in [3.63, 3.8) is 0 Å². The third-order valence-electron chi connectivity index (χ3n) is 2.53. The molecule has 1 saturated heterocycles. The maximum atomic E-state index is 12.4. The van der Waals surface area contributed by atoms with Crippen molar-refractivity contribution in [2.75, 3.05) is 26.2 Å². The number of alkyl halides is 3. The Morgan fingerprint density at radius 2 is 2.00 bits per heavy atom. The monoisotopic (exact) mass is 227 g/mol. The van der Waals surface area contributed by atoms with E-state index >= 15 is 0 Å². The largest absolute Gasteiger partial charge is 0.480 e. The van der Waals surface area contributed by atoms with Crippen LogP contribution in [-0.2, 0) is 4.79 Å². The fourth-order valence-electron chi connectivity index (χ4n) is 1.84. The molecule has 2 atom stereocenters. The molecule has 88 valence electrons. The number of aliphatic hydroxyl groups excluding tert-OH is 1. The highest BCUT2D eigenvalue weighted by atomic mass is 19.4. The molecular formula is C8H12F3NO3. The summed E-state index contributed by atoms with van der Waals surface area (Å²) in [4.78, 5) is 11.5. The topological polar surface area (TPSA) is 60.8 Å². The molecule has 7 heteroatoms. The minimum absolute atomic E-state index is 0.0209. The number of carbonyl (C=O) groups is 1. The first kappa shape index (κ1) is 12.3. The number of likely N-dealkylation sites (tertiary alicyclic amines) is 1. The highest BCUT2D eigenvalue weighted by molar-refractivity contribution is 5.69. The van der Waals surface area contributed by atoms with Gasteiger partial charge in [-0.15, -0.1) is 0 Å². The van der Waals surface area contributed by atoms with Gasteiger partial charge in [0.15, 0.2) is 0 Å². The number of carboxylic acid groups (broad SMARTS) is 1. The van der Waals surface area contributed by atoms with Crippen LogP contribution >= 0.6 is 0 Å². The third kappa shape index (κ3) is 3.07. The zero-order valence-corrected chi connectivity index (χ0v) is 7.87. The van der Waals surface area contributed by atoms with Crippen LogP contribution in [0.1, 0.15) is 0 Å². The molecule has 15 heavy (non-hydrogen) atoms. The molecule has 0 unspecified atom stereocenters. The summed E-state index contributed by atoms with van der Waals surface area (Å²) < 4.78 is 37.3. The van der Waals surface area contributed by atoms with E-state index in [4.69, 9.17) is 10.2 Å². The van der Waals surface area contributed by atoms with Crippen molar-refractivity contribution in [3.8, 4) is 0 Å². The number of carboxylic acids is 1. The average Bonchev–Trinajstić information content (AvgIpc) is 2.45. The molecule has 1 heterocycles. The quantitative estimate of drug-likeness (QED) is 0.721. The van der Waals surface area contributed by atoms with E-state index in [-0.39, 0.29) is 13.1 Å². The molecule has 0 spiro atoms. The SMILES string of the molecule is O=C(O)CN1C[C@@H](CO)[C@H](C(F)(F)F)C1. The van der Waals surface area contributed by atoms with Crippen LogP contribution in [0.3, 0.4) is 0 Å². The third-order valence-corrected chi connectivity index (χ3v) is 2.53. The molecule has 0 aromatic carbocycles. The summed E-state index contributed by atoms with van der Waals surface area (Å²) in [6, 6.07) is 0. The Morgan fingerprint density at radius 1 is 1.40 bits per heavy atom. The average molecular weight is 227 g/mol. The molecule has 0 radical (unpaired) electrons. The maximum Gasteiger partial charge on any atom is 0.393 e. The number of hydrogen-bond acceptors (Lipinski definition) is 3. The Labute approximate surface area is 84.3 Å². The molecule has 2 N–H and O–H groups in total. The summed E-state index contributed by atoms with van der Waals surface area (Å²) in [5.74, 6) is -3.69. The van der Waals surface area contributed by atoms with Gasteiger partial charge >= 0.3 is 12.1 Å². The van der Waals surface area contributed by atoms with Crippen LogP contribution in [-0.4, -0.2) is 53.5 Å². The summed E-state index contributed by atoms with van der Waals surface area (Å²) in [5, 5.41) is 17.2. The van der Waals surface area contributed by atoms with E-state index in [0.717, 1.165) is 0 Å². The van der Waals surface area contributed by atoms with Gasteiger partial charge in [-0.25, -0.2) is 0 Å². The van der Waals surface area contributed by atoms with E-state index in [1.54, 1.807) is 0 Å². The van der Waals surface area contributed by atoms with Gasteiger partial charge in [0, 0.05) is 25.6 Å².